The van der Waals surface area contributed by atoms with Crippen molar-refractivity contribution in [3.63, 3.8) is 0 Å². The summed E-state index contributed by atoms with van der Waals surface area (Å²) >= 11 is 6.92. The zero-order valence-electron chi connectivity index (χ0n) is 11.8. The van der Waals surface area contributed by atoms with Gasteiger partial charge >= 0.3 is 0 Å². The fourth-order valence-corrected chi connectivity index (χ4v) is 3.32. The van der Waals surface area contributed by atoms with Crippen LogP contribution in [0.15, 0.2) is 47.8 Å². The first kappa shape index (κ1) is 13.4. The molecular formula is C16H12N4S2. The molecule has 0 fully saturated rings. The van der Waals surface area contributed by atoms with Gasteiger partial charge in [0.2, 0.25) is 0 Å². The lowest BCUT2D eigenvalue weighted by Gasteiger charge is -2.08. The second-order valence-electron chi connectivity index (χ2n) is 4.96. The Morgan fingerprint density at radius 2 is 2.05 bits per heavy atom. The van der Waals surface area contributed by atoms with Gasteiger partial charge < -0.3 is 4.57 Å². The molecule has 0 aliphatic rings. The minimum Gasteiger partial charge on any atom is -0.303 e. The van der Waals surface area contributed by atoms with E-state index in [1.165, 1.54) is 0 Å². The van der Waals surface area contributed by atoms with Gasteiger partial charge in [-0.3, -0.25) is 5.10 Å². The van der Waals surface area contributed by atoms with Gasteiger partial charge in [-0.1, -0.05) is 24.3 Å². The molecule has 0 spiro atoms. The van der Waals surface area contributed by atoms with Gasteiger partial charge in [-0.25, -0.2) is 4.98 Å². The first-order valence-electron chi connectivity index (χ1n) is 6.79. The van der Waals surface area contributed by atoms with Gasteiger partial charge in [0.05, 0.1) is 16.1 Å². The van der Waals surface area contributed by atoms with E-state index in [1.807, 2.05) is 35.9 Å². The summed E-state index contributed by atoms with van der Waals surface area (Å²) in [4.78, 5) is 5.92. The van der Waals surface area contributed by atoms with Gasteiger partial charge in [-0.05, 0) is 35.8 Å². The maximum absolute atomic E-state index is 5.24. The van der Waals surface area contributed by atoms with Crippen molar-refractivity contribution < 1.29 is 0 Å². The third-order valence-electron chi connectivity index (χ3n) is 3.61. The zero-order chi connectivity index (χ0) is 15.1. The van der Waals surface area contributed by atoms with Crippen molar-refractivity contribution in [2.24, 2.45) is 7.05 Å². The minimum absolute atomic E-state index is 0.605. The number of benzene rings is 1. The highest BCUT2D eigenvalue weighted by atomic mass is 32.1. The average Bonchev–Trinajstić information content (AvgIpc) is 3.18. The Morgan fingerprint density at radius 1 is 1.18 bits per heavy atom. The van der Waals surface area contributed by atoms with E-state index >= 15 is 0 Å². The highest BCUT2D eigenvalue weighted by molar-refractivity contribution is 7.71. The largest absolute Gasteiger partial charge is 0.303 e. The molecule has 3 aromatic heterocycles. The number of nitrogens with one attached hydrogen (secondary N) is 1. The number of thiophene rings is 1. The van der Waals surface area contributed by atoms with Gasteiger partial charge in [-0.15, -0.1) is 11.3 Å². The van der Waals surface area contributed by atoms with Crippen molar-refractivity contribution in [1.82, 2.24) is 19.7 Å². The molecule has 0 aliphatic carbocycles. The number of fused-ring (bicyclic) bond motifs is 1. The molecule has 0 saturated heterocycles. The molecule has 0 atom stereocenters. The van der Waals surface area contributed by atoms with E-state index in [1.54, 1.807) is 11.3 Å². The lowest BCUT2D eigenvalue weighted by atomic mass is 10.1. The van der Waals surface area contributed by atoms with Crippen molar-refractivity contribution in [2.45, 2.75) is 0 Å². The van der Waals surface area contributed by atoms with Crippen LogP contribution in [0.25, 0.3) is 32.9 Å². The topological polar surface area (TPSA) is 46.5 Å². The van der Waals surface area contributed by atoms with Crippen LogP contribution in [0.2, 0.25) is 0 Å². The van der Waals surface area contributed by atoms with Crippen molar-refractivity contribution in [3.05, 3.63) is 52.6 Å². The van der Waals surface area contributed by atoms with E-state index in [0.717, 1.165) is 32.9 Å². The van der Waals surface area contributed by atoms with Gasteiger partial charge in [0, 0.05) is 18.0 Å². The first-order chi connectivity index (χ1) is 10.7. The fraction of sp³-hybridized carbons (Fsp3) is 0.0625. The number of H-pyrrole nitrogens is 1. The molecule has 0 bridgehead atoms. The van der Waals surface area contributed by atoms with Gasteiger partial charge in [0.1, 0.15) is 0 Å². The molecule has 0 radical (unpaired) electrons. The van der Waals surface area contributed by atoms with Crippen molar-refractivity contribution >= 4 is 34.5 Å². The summed E-state index contributed by atoms with van der Waals surface area (Å²) in [6, 6.07) is 14.3. The van der Waals surface area contributed by atoms with E-state index < -0.39 is 0 Å². The summed E-state index contributed by atoms with van der Waals surface area (Å²) in [5.41, 5.74) is 2.94. The molecule has 22 heavy (non-hydrogen) atoms. The van der Waals surface area contributed by atoms with Crippen LogP contribution in [-0.4, -0.2) is 19.7 Å². The van der Waals surface area contributed by atoms with E-state index in [4.69, 9.17) is 17.2 Å². The number of pyridine rings is 1. The lowest BCUT2D eigenvalue weighted by Crippen LogP contribution is -1.95. The summed E-state index contributed by atoms with van der Waals surface area (Å²) in [6.07, 6.45) is 0. The van der Waals surface area contributed by atoms with Crippen LogP contribution in [0.4, 0.5) is 0 Å². The SMILES string of the molecule is Cn1c(-c2cc(-c3cccs3)nc3ccccc23)n[nH]c1=S. The molecule has 1 N–H and O–H groups in total. The third kappa shape index (κ3) is 2.08. The molecule has 4 nitrogen and oxygen atoms in total. The molecule has 1 aromatic carbocycles. The number of rotatable bonds is 2. The number of hydrogen-bond acceptors (Lipinski definition) is 4. The van der Waals surface area contributed by atoms with E-state index in [0.29, 0.717) is 4.77 Å². The highest BCUT2D eigenvalue weighted by Crippen LogP contribution is 2.32. The fourth-order valence-electron chi connectivity index (χ4n) is 2.50. The second kappa shape index (κ2) is 5.15. The smallest absolute Gasteiger partial charge is 0.195 e. The molecule has 0 saturated carbocycles. The van der Waals surface area contributed by atoms with E-state index in [-0.39, 0.29) is 0 Å². The maximum atomic E-state index is 5.24. The van der Waals surface area contributed by atoms with E-state index in [9.17, 15) is 0 Å². The van der Waals surface area contributed by atoms with Crippen LogP contribution in [0.3, 0.4) is 0 Å². The van der Waals surface area contributed by atoms with Crippen LogP contribution in [0, 0.1) is 4.77 Å². The van der Waals surface area contributed by atoms with Crippen LogP contribution in [-0.2, 0) is 7.05 Å². The first-order valence-corrected chi connectivity index (χ1v) is 8.08. The van der Waals surface area contributed by atoms with Crippen molar-refractivity contribution in [2.75, 3.05) is 0 Å². The number of hydrogen-bond donors (Lipinski definition) is 1. The quantitative estimate of drug-likeness (QED) is 0.555. The standard InChI is InChI=1S/C16H12N4S2/c1-20-15(18-19-16(20)21)11-9-13(14-7-4-8-22-14)17-12-6-3-2-5-10(11)12/h2-9H,1H3,(H,19,21). The van der Waals surface area contributed by atoms with Gasteiger partial charge in [0.25, 0.3) is 0 Å². The lowest BCUT2D eigenvalue weighted by molar-refractivity contribution is 0.902. The molecular weight excluding hydrogens is 312 g/mol. The Hall–Kier alpha value is -2.31. The van der Waals surface area contributed by atoms with Crippen LogP contribution in [0.1, 0.15) is 0 Å². The molecule has 6 heteroatoms. The predicted molar refractivity (Wildman–Crippen MR) is 92.4 cm³/mol. The summed E-state index contributed by atoms with van der Waals surface area (Å²) in [6.45, 7) is 0. The summed E-state index contributed by atoms with van der Waals surface area (Å²) in [5, 5.41) is 10.4. The number of para-hydroxylation sites is 1. The number of aromatic nitrogens is 4. The molecule has 0 amide bonds. The van der Waals surface area contributed by atoms with Gasteiger partial charge in [-0.2, -0.15) is 5.10 Å². The third-order valence-corrected chi connectivity index (χ3v) is 4.87. The molecule has 0 aliphatic heterocycles. The van der Waals surface area contributed by atoms with Crippen LogP contribution >= 0.6 is 23.6 Å². The Morgan fingerprint density at radius 3 is 2.77 bits per heavy atom. The molecule has 3 heterocycles. The zero-order valence-corrected chi connectivity index (χ0v) is 13.4. The normalized spacial score (nSPS) is 11.1. The maximum Gasteiger partial charge on any atom is 0.195 e. The van der Waals surface area contributed by atoms with Crippen LogP contribution in [0.5, 0.6) is 0 Å². The predicted octanol–water partition coefficient (Wildman–Crippen LogP) is 4.42. The molecule has 108 valence electrons. The van der Waals surface area contributed by atoms with Crippen molar-refractivity contribution in [3.8, 4) is 22.0 Å². The van der Waals surface area contributed by atoms with E-state index in [2.05, 4.69) is 33.8 Å². The Bertz CT molecular complexity index is 1010. The monoisotopic (exact) mass is 324 g/mol. The Kier molecular flexibility index (Phi) is 3.13. The summed E-state index contributed by atoms with van der Waals surface area (Å²) in [7, 11) is 1.92. The summed E-state index contributed by atoms with van der Waals surface area (Å²) < 4.78 is 2.49. The molecule has 0 unspecified atom stereocenters. The van der Waals surface area contributed by atoms with Gasteiger partial charge in [0.15, 0.2) is 10.6 Å². The summed E-state index contributed by atoms with van der Waals surface area (Å²) in [5.74, 6) is 0.821. The Labute approximate surface area is 136 Å². The second-order valence-corrected chi connectivity index (χ2v) is 6.30. The van der Waals surface area contributed by atoms with Crippen molar-refractivity contribution in [1.29, 1.82) is 0 Å². The average molecular weight is 324 g/mol. The number of aromatic amines is 1. The number of nitrogens with zero attached hydrogens (tertiary/aromatic N) is 3. The van der Waals surface area contributed by atoms with Crippen LogP contribution < -0.4 is 0 Å². The molecule has 4 aromatic rings. The molecule has 4 rings (SSSR count). The Balaban J connectivity index is 2.08. The highest BCUT2D eigenvalue weighted by Gasteiger charge is 2.13. The minimum atomic E-state index is 0.605.